The molecule has 0 saturated heterocycles. The minimum atomic E-state index is 0.750. The zero-order valence-corrected chi connectivity index (χ0v) is 14.1. The second kappa shape index (κ2) is 9.35. The van der Waals surface area contributed by atoms with Crippen molar-refractivity contribution < 1.29 is 0 Å². The van der Waals surface area contributed by atoms with Gasteiger partial charge in [0, 0.05) is 31.5 Å². The summed E-state index contributed by atoms with van der Waals surface area (Å²) in [4.78, 5) is 4.89. The van der Waals surface area contributed by atoms with Crippen molar-refractivity contribution >= 4 is 15.9 Å². The number of hydrogen-bond donors (Lipinski definition) is 0. The van der Waals surface area contributed by atoms with E-state index in [0.717, 1.165) is 29.6 Å². The fourth-order valence-electron chi connectivity index (χ4n) is 1.88. The molecule has 0 spiro atoms. The predicted octanol–water partition coefficient (Wildman–Crippen LogP) is 3.17. The van der Waals surface area contributed by atoms with Gasteiger partial charge in [0.1, 0.15) is 0 Å². The molecule has 0 bridgehead atoms. The van der Waals surface area contributed by atoms with Crippen molar-refractivity contribution in [1.82, 2.24) is 9.80 Å². The second-order valence-electron chi connectivity index (χ2n) is 6.12. The number of halogens is 1. The highest BCUT2D eigenvalue weighted by Crippen LogP contribution is 2.16. The molecule has 0 aliphatic carbocycles. The smallest absolute Gasteiger partial charge is 0.0109 e. The Balaban J connectivity index is 4.25. The molecule has 17 heavy (non-hydrogen) atoms. The summed E-state index contributed by atoms with van der Waals surface area (Å²) in [5, 5.41) is 1.11. The highest BCUT2D eigenvalue weighted by Gasteiger charge is 2.17. The molecule has 2 nitrogen and oxygen atoms in total. The van der Waals surface area contributed by atoms with E-state index in [2.05, 4.69) is 67.5 Å². The van der Waals surface area contributed by atoms with E-state index in [1.54, 1.807) is 0 Å². The Hall–Kier alpha value is 0.400. The van der Waals surface area contributed by atoms with Gasteiger partial charge in [-0.1, -0.05) is 43.6 Å². The molecule has 0 radical (unpaired) electrons. The van der Waals surface area contributed by atoms with Crippen molar-refractivity contribution in [3.05, 3.63) is 0 Å². The van der Waals surface area contributed by atoms with Gasteiger partial charge < -0.3 is 9.80 Å². The van der Waals surface area contributed by atoms with Crippen LogP contribution < -0.4 is 0 Å². The van der Waals surface area contributed by atoms with Gasteiger partial charge in [-0.15, -0.1) is 0 Å². The van der Waals surface area contributed by atoms with Crippen molar-refractivity contribution in [2.45, 2.75) is 27.7 Å². The van der Waals surface area contributed by atoms with Crippen molar-refractivity contribution in [3.63, 3.8) is 0 Å². The van der Waals surface area contributed by atoms with Crippen LogP contribution in [0, 0.1) is 17.8 Å². The molecule has 1 atom stereocenters. The lowest BCUT2D eigenvalue weighted by Crippen LogP contribution is -2.39. The lowest BCUT2D eigenvalue weighted by atomic mass is 9.97. The maximum atomic E-state index is 3.65. The van der Waals surface area contributed by atoms with Crippen molar-refractivity contribution in [2.75, 3.05) is 45.6 Å². The molecule has 0 heterocycles. The number of hydrogen-bond acceptors (Lipinski definition) is 2. The van der Waals surface area contributed by atoms with Crippen LogP contribution in [0.15, 0.2) is 0 Å². The first-order valence-corrected chi connectivity index (χ1v) is 7.92. The first-order chi connectivity index (χ1) is 7.86. The first-order valence-electron chi connectivity index (χ1n) is 6.79. The minimum absolute atomic E-state index is 0.750. The molecule has 0 aliphatic rings. The van der Waals surface area contributed by atoms with Crippen LogP contribution in [-0.2, 0) is 0 Å². The van der Waals surface area contributed by atoms with Crippen LogP contribution in [0.2, 0.25) is 0 Å². The predicted molar refractivity (Wildman–Crippen MR) is 82.0 cm³/mol. The Bertz CT molecular complexity index is 181. The summed E-state index contributed by atoms with van der Waals surface area (Å²) in [5.74, 6) is 2.26. The fraction of sp³-hybridized carbons (Fsp3) is 1.00. The highest BCUT2D eigenvalue weighted by molar-refractivity contribution is 9.09. The largest absolute Gasteiger partial charge is 0.308 e. The average Bonchev–Trinajstić information content (AvgIpc) is 2.20. The summed E-state index contributed by atoms with van der Waals surface area (Å²) >= 11 is 3.65. The Morgan fingerprint density at radius 3 is 1.88 bits per heavy atom. The normalized spacial score (nSPS) is 14.3. The molecule has 1 unspecified atom stereocenters. The average molecular weight is 307 g/mol. The maximum Gasteiger partial charge on any atom is 0.0109 e. The summed E-state index contributed by atoms with van der Waals surface area (Å²) in [6.45, 7) is 14.0. The first kappa shape index (κ1) is 17.4. The number of rotatable bonds is 9. The van der Waals surface area contributed by atoms with Gasteiger partial charge in [0.2, 0.25) is 0 Å². The molecule has 0 aromatic carbocycles. The minimum Gasteiger partial charge on any atom is -0.308 e. The van der Waals surface area contributed by atoms with E-state index >= 15 is 0 Å². The zero-order chi connectivity index (χ0) is 13.4. The van der Waals surface area contributed by atoms with Gasteiger partial charge in [-0.2, -0.15) is 0 Å². The molecule has 0 saturated carbocycles. The lowest BCUT2D eigenvalue weighted by molar-refractivity contribution is 0.179. The van der Waals surface area contributed by atoms with Crippen LogP contribution in [0.4, 0.5) is 0 Å². The molecule has 3 heteroatoms. The van der Waals surface area contributed by atoms with Gasteiger partial charge in [0.25, 0.3) is 0 Å². The van der Waals surface area contributed by atoms with Gasteiger partial charge in [-0.05, 0) is 31.8 Å². The zero-order valence-electron chi connectivity index (χ0n) is 12.5. The second-order valence-corrected chi connectivity index (χ2v) is 6.76. The van der Waals surface area contributed by atoms with Crippen LogP contribution >= 0.6 is 15.9 Å². The summed E-state index contributed by atoms with van der Waals surface area (Å²) < 4.78 is 0. The SMILES string of the molecule is CC(C)CN(CCN(C)C)CC(CBr)C(C)C. The monoisotopic (exact) mass is 306 g/mol. The summed E-state index contributed by atoms with van der Waals surface area (Å²) in [5.41, 5.74) is 0. The van der Waals surface area contributed by atoms with Crippen molar-refractivity contribution in [2.24, 2.45) is 17.8 Å². The summed E-state index contributed by atoms with van der Waals surface area (Å²) in [6, 6.07) is 0. The Morgan fingerprint density at radius 1 is 0.941 bits per heavy atom. The van der Waals surface area contributed by atoms with Gasteiger partial charge >= 0.3 is 0 Å². The third-order valence-electron chi connectivity index (χ3n) is 3.12. The van der Waals surface area contributed by atoms with Crippen LogP contribution in [0.1, 0.15) is 27.7 Å². The Labute approximate surface area is 117 Å². The van der Waals surface area contributed by atoms with Gasteiger partial charge in [-0.25, -0.2) is 0 Å². The summed E-state index contributed by atoms with van der Waals surface area (Å²) in [6.07, 6.45) is 0. The molecule has 0 fully saturated rings. The molecule has 0 aromatic heterocycles. The Kier molecular flexibility index (Phi) is 9.57. The molecular weight excluding hydrogens is 276 g/mol. The molecule has 0 N–H and O–H groups in total. The van der Waals surface area contributed by atoms with Gasteiger partial charge in [0.15, 0.2) is 0 Å². The number of likely N-dealkylation sites (N-methyl/N-ethyl adjacent to an activating group) is 1. The molecule has 0 rings (SSSR count). The van der Waals surface area contributed by atoms with E-state index in [1.807, 2.05) is 0 Å². The van der Waals surface area contributed by atoms with Crippen LogP contribution in [0.5, 0.6) is 0 Å². The number of nitrogens with zero attached hydrogens (tertiary/aromatic N) is 2. The van der Waals surface area contributed by atoms with E-state index in [4.69, 9.17) is 0 Å². The lowest BCUT2D eigenvalue weighted by Gasteiger charge is -2.30. The standard InChI is InChI=1S/C14H31BrN2/c1-12(2)10-17(8-7-16(5)6)11-14(9-15)13(3)4/h12-14H,7-11H2,1-6H3. The highest BCUT2D eigenvalue weighted by atomic mass is 79.9. The van der Waals surface area contributed by atoms with E-state index < -0.39 is 0 Å². The third kappa shape index (κ3) is 9.04. The molecule has 0 amide bonds. The third-order valence-corrected chi connectivity index (χ3v) is 3.95. The summed E-state index contributed by atoms with van der Waals surface area (Å²) in [7, 11) is 4.30. The molecule has 0 aromatic rings. The Morgan fingerprint density at radius 2 is 1.53 bits per heavy atom. The van der Waals surface area contributed by atoms with Crippen LogP contribution in [-0.4, -0.2) is 55.4 Å². The quantitative estimate of drug-likeness (QED) is 0.604. The van der Waals surface area contributed by atoms with Gasteiger partial charge in [-0.3, -0.25) is 0 Å². The van der Waals surface area contributed by atoms with Crippen LogP contribution in [0.25, 0.3) is 0 Å². The van der Waals surface area contributed by atoms with Gasteiger partial charge in [0.05, 0.1) is 0 Å². The molecule has 104 valence electrons. The topological polar surface area (TPSA) is 6.48 Å². The maximum absolute atomic E-state index is 3.65. The molecular formula is C14H31BrN2. The molecule has 0 aliphatic heterocycles. The fourth-order valence-corrected chi connectivity index (χ4v) is 2.84. The van der Waals surface area contributed by atoms with Crippen molar-refractivity contribution in [1.29, 1.82) is 0 Å². The number of alkyl halides is 1. The van der Waals surface area contributed by atoms with E-state index in [9.17, 15) is 0 Å². The van der Waals surface area contributed by atoms with E-state index in [1.165, 1.54) is 19.6 Å². The van der Waals surface area contributed by atoms with Crippen molar-refractivity contribution in [3.8, 4) is 0 Å². The van der Waals surface area contributed by atoms with E-state index in [0.29, 0.717) is 0 Å². The van der Waals surface area contributed by atoms with E-state index in [-0.39, 0.29) is 0 Å². The van der Waals surface area contributed by atoms with Crippen LogP contribution in [0.3, 0.4) is 0 Å².